The van der Waals surface area contributed by atoms with Crippen LogP contribution in [0.4, 0.5) is 9.93 Å². The number of urea groups is 1. The van der Waals surface area contributed by atoms with E-state index in [2.05, 4.69) is 34.7 Å². The number of imide groups is 1. The molecule has 1 saturated heterocycles. The van der Waals surface area contributed by atoms with Crippen LogP contribution in [0.15, 0.2) is 24.3 Å². The van der Waals surface area contributed by atoms with E-state index in [1.54, 1.807) is 38.3 Å². The van der Waals surface area contributed by atoms with Gasteiger partial charge in [-0.15, -0.1) is 10.2 Å². The summed E-state index contributed by atoms with van der Waals surface area (Å²) in [6.07, 6.45) is 1.87. The van der Waals surface area contributed by atoms with Gasteiger partial charge in [-0.25, -0.2) is 4.79 Å². The van der Waals surface area contributed by atoms with Crippen molar-refractivity contribution < 1.29 is 19.1 Å². The summed E-state index contributed by atoms with van der Waals surface area (Å²) < 4.78 is 5.13. The molecule has 3 rings (SSSR count). The first-order valence-electron chi connectivity index (χ1n) is 9.74. The second-order valence-corrected chi connectivity index (χ2v) is 8.19. The molecule has 0 saturated carbocycles. The van der Waals surface area contributed by atoms with Crippen molar-refractivity contribution in [1.29, 1.82) is 0 Å². The Morgan fingerprint density at radius 1 is 1.23 bits per heavy atom. The van der Waals surface area contributed by atoms with Crippen LogP contribution < -0.4 is 15.4 Å². The lowest BCUT2D eigenvalue weighted by molar-refractivity contribution is -0.133. The van der Waals surface area contributed by atoms with Crippen molar-refractivity contribution in [1.82, 2.24) is 20.4 Å². The SMILES string of the molecule is CCC(CC)c1nnc(NC(=O)CN2C(=O)NC(C)(c3ccc(OC)cc3)C2=O)s1. The van der Waals surface area contributed by atoms with E-state index in [1.807, 2.05) is 0 Å². The number of rotatable bonds is 8. The van der Waals surface area contributed by atoms with Gasteiger partial charge in [-0.1, -0.05) is 37.3 Å². The monoisotopic (exact) mass is 431 g/mol. The highest BCUT2D eigenvalue weighted by Crippen LogP contribution is 2.30. The minimum atomic E-state index is -1.25. The predicted octanol–water partition coefficient (Wildman–Crippen LogP) is 2.86. The number of ether oxygens (including phenoxy) is 1. The smallest absolute Gasteiger partial charge is 0.325 e. The molecule has 1 aromatic carbocycles. The molecule has 9 nitrogen and oxygen atoms in total. The molecule has 0 bridgehead atoms. The second-order valence-electron chi connectivity index (χ2n) is 7.18. The van der Waals surface area contributed by atoms with Crippen LogP contribution >= 0.6 is 11.3 Å². The number of carbonyl (C=O) groups excluding carboxylic acids is 3. The van der Waals surface area contributed by atoms with E-state index < -0.39 is 29.9 Å². The molecule has 0 radical (unpaired) electrons. The summed E-state index contributed by atoms with van der Waals surface area (Å²) in [5.41, 5.74) is -0.654. The van der Waals surface area contributed by atoms with Crippen molar-refractivity contribution in [2.75, 3.05) is 19.0 Å². The largest absolute Gasteiger partial charge is 0.497 e. The molecule has 1 aromatic heterocycles. The molecule has 0 spiro atoms. The molecule has 2 aromatic rings. The van der Waals surface area contributed by atoms with Gasteiger partial charge in [0.1, 0.15) is 22.8 Å². The number of hydrogen-bond acceptors (Lipinski definition) is 7. The molecular weight excluding hydrogens is 406 g/mol. The number of benzene rings is 1. The van der Waals surface area contributed by atoms with Gasteiger partial charge in [0.25, 0.3) is 5.91 Å². The standard InChI is InChI=1S/C20H25N5O4S/c1-5-12(6-2)16-23-24-18(30-16)21-15(26)11-25-17(27)20(3,22-19(25)28)13-7-9-14(29-4)10-8-13/h7-10,12H,5-6,11H2,1-4H3,(H,22,28)(H,21,24,26). The number of aromatic nitrogens is 2. The Kier molecular flexibility index (Phi) is 6.35. The summed E-state index contributed by atoms with van der Waals surface area (Å²) in [6.45, 7) is 5.35. The van der Waals surface area contributed by atoms with Crippen molar-refractivity contribution in [3.8, 4) is 5.75 Å². The fourth-order valence-corrected chi connectivity index (χ4v) is 4.38. The highest BCUT2D eigenvalue weighted by atomic mass is 32.1. The summed E-state index contributed by atoms with van der Waals surface area (Å²) in [5.74, 6) is -0.0722. The molecule has 0 aliphatic carbocycles. The molecule has 2 N–H and O–H groups in total. The van der Waals surface area contributed by atoms with Crippen LogP contribution in [-0.2, 0) is 15.1 Å². The van der Waals surface area contributed by atoms with E-state index in [0.717, 1.165) is 22.7 Å². The van der Waals surface area contributed by atoms with Gasteiger partial charge in [-0.3, -0.25) is 19.8 Å². The van der Waals surface area contributed by atoms with Gasteiger partial charge in [0, 0.05) is 5.92 Å². The Balaban J connectivity index is 1.68. The van der Waals surface area contributed by atoms with Crippen LogP contribution in [0.5, 0.6) is 5.75 Å². The molecule has 1 unspecified atom stereocenters. The molecule has 1 atom stereocenters. The Morgan fingerprint density at radius 3 is 2.50 bits per heavy atom. The predicted molar refractivity (Wildman–Crippen MR) is 112 cm³/mol. The van der Waals surface area contributed by atoms with Crippen LogP contribution in [0.1, 0.15) is 50.1 Å². The Labute approximate surface area is 178 Å². The van der Waals surface area contributed by atoms with Gasteiger partial charge in [-0.05, 0) is 37.5 Å². The van der Waals surface area contributed by atoms with Crippen molar-refractivity contribution in [3.63, 3.8) is 0 Å². The van der Waals surface area contributed by atoms with Crippen LogP contribution in [0.2, 0.25) is 0 Å². The minimum absolute atomic E-state index is 0.296. The number of amides is 4. The maximum Gasteiger partial charge on any atom is 0.325 e. The van der Waals surface area contributed by atoms with Gasteiger partial charge in [0.05, 0.1) is 7.11 Å². The van der Waals surface area contributed by atoms with E-state index in [1.165, 1.54) is 11.3 Å². The molecule has 1 aliphatic heterocycles. The molecular formula is C20H25N5O4S. The molecule has 30 heavy (non-hydrogen) atoms. The first kappa shape index (κ1) is 21.7. The lowest BCUT2D eigenvalue weighted by atomic mass is 9.92. The van der Waals surface area contributed by atoms with Crippen LogP contribution in [0, 0.1) is 0 Å². The number of carbonyl (C=O) groups is 3. The maximum absolute atomic E-state index is 13.0. The molecule has 2 heterocycles. The number of anilines is 1. The van der Waals surface area contributed by atoms with Crippen molar-refractivity contribution in [2.45, 2.75) is 45.1 Å². The van der Waals surface area contributed by atoms with Gasteiger partial charge >= 0.3 is 6.03 Å². The average Bonchev–Trinajstić information content (AvgIpc) is 3.28. The van der Waals surface area contributed by atoms with Crippen LogP contribution in [0.3, 0.4) is 0 Å². The van der Waals surface area contributed by atoms with E-state index in [9.17, 15) is 14.4 Å². The van der Waals surface area contributed by atoms with Gasteiger partial charge in [-0.2, -0.15) is 0 Å². The molecule has 1 aliphatic rings. The fourth-order valence-electron chi connectivity index (χ4n) is 3.35. The Bertz CT molecular complexity index is 941. The molecule has 160 valence electrons. The Hall–Kier alpha value is -3.01. The fraction of sp³-hybridized carbons (Fsp3) is 0.450. The first-order valence-corrected chi connectivity index (χ1v) is 10.6. The second kappa shape index (κ2) is 8.78. The number of nitrogens with one attached hydrogen (secondary N) is 2. The first-order chi connectivity index (χ1) is 14.3. The molecule has 4 amide bonds. The Morgan fingerprint density at radius 2 is 1.90 bits per heavy atom. The van der Waals surface area contributed by atoms with E-state index in [-0.39, 0.29) is 0 Å². The number of methoxy groups -OCH3 is 1. The zero-order valence-corrected chi connectivity index (χ0v) is 18.2. The highest BCUT2D eigenvalue weighted by molar-refractivity contribution is 7.15. The summed E-state index contributed by atoms with van der Waals surface area (Å²) in [4.78, 5) is 38.7. The zero-order chi connectivity index (χ0) is 21.9. The van der Waals surface area contributed by atoms with Crippen LogP contribution in [-0.4, -0.2) is 46.6 Å². The summed E-state index contributed by atoms with van der Waals surface area (Å²) in [6, 6.07) is 6.22. The van der Waals surface area contributed by atoms with Crippen molar-refractivity contribution in [2.24, 2.45) is 0 Å². The average molecular weight is 432 g/mol. The van der Waals surface area contributed by atoms with Gasteiger partial charge in [0.15, 0.2) is 0 Å². The van der Waals surface area contributed by atoms with Gasteiger partial charge in [0.2, 0.25) is 11.0 Å². The lowest BCUT2D eigenvalue weighted by Gasteiger charge is -2.22. The lowest BCUT2D eigenvalue weighted by Crippen LogP contribution is -2.42. The normalized spacial score (nSPS) is 18.6. The summed E-state index contributed by atoms with van der Waals surface area (Å²) in [5, 5.41) is 14.7. The molecule has 1 fully saturated rings. The number of hydrogen-bond donors (Lipinski definition) is 2. The third-order valence-corrected chi connectivity index (χ3v) is 6.27. The van der Waals surface area contributed by atoms with E-state index >= 15 is 0 Å². The summed E-state index contributed by atoms with van der Waals surface area (Å²) >= 11 is 1.31. The van der Waals surface area contributed by atoms with Crippen LogP contribution in [0.25, 0.3) is 0 Å². The third-order valence-electron chi connectivity index (χ3n) is 5.27. The quantitative estimate of drug-likeness (QED) is 0.622. The summed E-state index contributed by atoms with van der Waals surface area (Å²) in [7, 11) is 1.55. The van der Waals surface area contributed by atoms with E-state index in [0.29, 0.717) is 22.4 Å². The van der Waals surface area contributed by atoms with Gasteiger partial charge < -0.3 is 10.1 Å². The third kappa shape index (κ3) is 4.13. The zero-order valence-electron chi connectivity index (χ0n) is 17.4. The molecule has 10 heteroatoms. The van der Waals surface area contributed by atoms with Crippen molar-refractivity contribution >= 4 is 34.3 Å². The minimum Gasteiger partial charge on any atom is -0.497 e. The topological polar surface area (TPSA) is 114 Å². The highest BCUT2D eigenvalue weighted by Gasteiger charge is 2.49. The van der Waals surface area contributed by atoms with E-state index in [4.69, 9.17) is 4.74 Å². The number of nitrogens with zero attached hydrogens (tertiary/aromatic N) is 3. The maximum atomic E-state index is 13.0. The van der Waals surface area contributed by atoms with Crippen molar-refractivity contribution in [3.05, 3.63) is 34.8 Å².